The van der Waals surface area contributed by atoms with Gasteiger partial charge < -0.3 is 15.0 Å². The van der Waals surface area contributed by atoms with Crippen molar-refractivity contribution in [2.75, 3.05) is 38.7 Å². The topological polar surface area (TPSA) is 71.0 Å². The predicted molar refractivity (Wildman–Crippen MR) is 97.4 cm³/mol. The molecule has 1 heterocycles. The van der Waals surface area contributed by atoms with E-state index in [1.165, 1.54) is 6.26 Å². The fourth-order valence-corrected chi connectivity index (χ4v) is 3.41. The molecule has 1 aliphatic rings. The average molecular weight is 353 g/mol. The van der Waals surface area contributed by atoms with Crippen molar-refractivity contribution in [3.8, 4) is 5.75 Å². The van der Waals surface area contributed by atoms with Gasteiger partial charge in [0.1, 0.15) is 21.7 Å². The number of aliphatic imine (C=N–C) groups is 1. The van der Waals surface area contributed by atoms with Gasteiger partial charge in [0.05, 0.1) is 5.75 Å². The van der Waals surface area contributed by atoms with Crippen LogP contribution in [0.3, 0.4) is 0 Å². The fraction of sp³-hybridized carbons (Fsp3) is 0.588. The molecule has 2 rings (SSSR count). The monoisotopic (exact) mass is 353 g/mol. The molecule has 0 spiro atoms. The van der Waals surface area contributed by atoms with Gasteiger partial charge in [0.15, 0.2) is 5.96 Å². The number of guanidine groups is 1. The number of likely N-dealkylation sites (tertiary alicyclic amines) is 1. The lowest BCUT2D eigenvalue weighted by atomic mass is 10.1. The predicted octanol–water partition coefficient (Wildman–Crippen LogP) is 1.54. The summed E-state index contributed by atoms with van der Waals surface area (Å²) in [5, 5.41) is 3.25. The van der Waals surface area contributed by atoms with E-state index in [9.17, 15) is 8.42 Å². The Morgan fingerprint density at radius 3 is 2.54 bits per heavy atom. The summed E-state index contributed by atoms with van der Waals surface area (Å²) in [6.07, 6.45) is 3.97. The second-order valence-corrected chi connectivity index (χ2v) is 8.33. The third-order valence-corrected chi connectivity index (χ3v) is 5.00. The van der Waals surface area contributed by atoms with Gasteiger partial charge in [-0.3, -0.25) is 4.99 Å². The number of nitrogens with one attached hydrogen (secondary N) is 1. The Kier molecular flexibility index (Phi) is 6.90. The maximum Gasteiger partial charge on any atom is 0.193 e. The maximum atomic E-state index is 11.2. The number of benzene rings is 1. The number of hydrogen-bond donors (Lipinski definition) is 1. The van der Waals surface area contributed by atoms with Gasteiger partial charge in [-0.2, -0.15) is 0 Å². The molecular weight excluding hydrogens is 326 g/mol. The molecule has 134 valence electrons. The van der Waals surface area contributed by atoms with Crippen LogP contribution in [0.2, 0.25) is 0 Å². The molecule has 1 aromatic rings. The molecule has 1 saturated heterocycles. The zero-order valence-electron chi connectivity index (χ0n) is 14.4. The van der Waals surface area contributed by atoms with E-state index in [2.05, 4.69) is 15.2 Å². The van der Waals surface area contributed by atoms with Crippen molar-refractivity contribution < 1.29 is 13.2 Å². The Hall–Kier alpha value is -1.76. The average Bonchev–Trinajstić information content (AvgIpc) is 2.56. The van der Waals surface area contributed by atoms with Crippen molar-refractivity contribution in [2.45, 2.75) is 25.4 Å². The molecule has 1 aliphatic heterocycles. The van der Waals surface area contributed by atoms with E-state index < -0.39 is 9.84 Å². The Morgan fingerprint density at radius 1 is 1.29 bits per heavy atom. The molecule has 1 aromatic carbocycles. The van der Waals surface area contributed by atoms with Gasteiger partial charge in [-0.15, -0.1) is 0 Å². The molecule has 0 bridgehead atoms. The van der Waals surface area contributed by atoms with Gasteiger partial charge >= 0.3 is 0 Å². The van der Waals surface area contributed by atoms with Crippen LogP contribution in [0.1, 0.15) is 19.3 Å². The van der Waals surface area contributed by atoms with E-state index >= 15 is 0 Å². The molecule has 1 N–H and O–H groups in total. The van der Waals surface area contributed by atoms with Gasteiger partial charge in [0, 0.05) is 45.8 Å². The Labute approximate surface area is 144 Å². The number of ether oxygens (including phenoxy) is 1. The summed E-state index contributed by atoms with van der Waals surface area (Å²) in [4.78, 5) is 6.50. The second-order valence-electron chi connectivity index (χ2n) is 6.07. The molecule has 24 heavy (non-hydrogen) atoms. The molecule has 0 radical (unpaired) electrons. The zero-order valence-corrected chi connectivity index (χ0v) is 15.3. The standard InChI is InChI=1S/C17H27N3O3S/c1-18-17(19-11-6-14-24(2,21)22)20-12-9-16(10-13-20)23-15-7-4-3-5-8-15/h3-5,7-8,16H,6,9-14H2,1-2H3,(H,18,19). The van der Waals surface area contributed by atoms with Crippen LogP contribution in [0.25, 0.3) is 0 Å². The molecule has 6 nitrogen and oxygen atoms in total. The SMILES string of the molecule is CN=C(NCCCS(C)(=O)=O)N1CCC(Oc2ccccc2)CC1. The van der Waals surface area contributed by atoms with E-state index in [1.54, 1.807) is 7.05 Å². The summed E-state index contributed by atoms with van der Waals surface area (Å²) in [5.41, 5.74) is 0. The van der Waals surface area contributed by atoms with Gasteiger partial charge in [0.25, 0.3) is 0 Å². The number of piperidine rings is 1. The highest BCUT2D eigenvalue weighted by atomic mass is 32.2. The Balaban J connectivity index is 1.73. The second kappa shape index (κ2) is 8.92. The smallest absolute Gasteiger partial charge is 0.193 e. The summed E-state index contributed by atoms with van der Waals surface area (Å²) in [6, 6.07) is 9.90. The van der Waals surface area contributed by atoms with Crippen molar-refractivity contribution >= 4 is 15.8 Å². The first-order valence-electron chi connectivity index (χ1n) is 8.33. The third kappa shape index (κ3) is 6.39. The van der Waals surface area contributed by atoms with Crippen molar-refractivity contribution in [1.82, 2.24) is 10.2 Å². The molecule has 7 heteroatoms. The number of para-hydroxylation sites is 1. The first-order chi connectivity index (χ1) is 11.5. The summed E-state index contributed by atoms with van der Waals surface area (Å²) < 4.78 is 28.3. The van der Waals surface area contributed by atoms with Crippen LogP contribution < -0.4 is 10.1 Å². The summed E-state index contributed by atoms with van der Waals surface area (Å²) >= 11 is 0. The minimum absolute atomic E-state index is 0.198. The van der Waals surface area contributed by atoms with Crippen LogP contribution in [0.4, 0.5) is 0 Å². The number of nitrogens with zero attached hydrogens (tertiary/aromatic N) is 2. The highest BCUT2D eigenvalue weighted by Gasteiger charge is 2.22. The van der Waals surface area contributed by atoms with Crippen molar-refractivity contribution in [2.24, 2.45) is 4.99 Å². The van der Waals surface area contributed by atoms with E-state index in [-0.39, 0.29) is 11.9 Å². The van der Waals surface area contributed by atoms with Crippen molar-refractivity contribution in [1.29, 1.82) is 0 Å². The minimum atomic E-state index is -2.90. The number of hydrogen-bond acceptors (Lipinski definition) is 4. The zero-order chi connectivity index (χ0) is 17.4. The lowest BCUT2D eigenvalue weighted by molar-refractivity contribution is 0.129. The summed E-state index contributed by atoms with van der Waals surface area (Å²) in [6.45, 7) is 2.37. The molecule has 0 aliphatic carbocycles. The lowest BCUT2D eigenvalue weighted by Gasteiger charge is -2.34. The first kappa shape index (κ1) is 18.6. The molecule has 0 saturated carbocycles. The quantitative estimate of drug-likeness (QED) is 0.477. The molecular formula is C17H27N3O3S. The molecule has 1 fully saturated rings. The van der Waals surface area contributed by atoms with Gasteiger partial charge in [-0.05, 0) is 18.6 Å². The van der Waals surface area contributed by atoms with E-state index in [0.29, 0.717) is 13.0 Å². The van der Waals surface area contributed by atoms with Crippen molar-refractivity contribution in [3.05, 3.63) is 30.3 Å². The van der Waals surface area contributed by atoms with Crippen LogP contribution >= 0.6 is 0 Å². The molecule has 0 amide bonds. The van der Waals surface area contributed by atoms with Crippen LogP contribution in [0, 0.1) is 0 Å². The minimum Gasteiger partial charge on any atom is -0.490 e. The van der Waals surface area contributed by atoms with Crippen LogP contribution in [-0.4, -0.2) is 64.1 Å². The van der Waals surface area contributed by atoms with Crippen LogP contribution in [0.5, 0.6) is 5.75 Å². The highest BCUT2D eigenvalue weighted by molar-refractivity contribution is 7.90. The summed E-state index contributed by atoms with van der Waals surface area (Å²) in [7, 11) is -1.15. The van der Waals surface area contributed by atoms with Gasteiger partial charge in [-0.1, -0.05) is 18.2 Å². The lowest BCUT2D eigenvalue weighted by Crippen LogP contribution is -2.47. The molecule has 0 aromatic heterocycles. The van der Waals surface area contributed by atoms with Crippen LogP contribution in [0.15, 0.2) is 35.3 Å². The van der Waals surface area contributed by atoms with E-state index in [1.807, 2.05) is 30.3 Å². The van der Waals surface area contributed by atoms with E-state index in [4.69, 9.17) is 4.74 Å². The third-order valence-electron chi connectivity index (χ3n) is 3.97. The number of sulfone groups is 1. The maximum absolute atomic E-state index is 11.2. The highest BCUT2D eigenvalue weighted by Crippen LogP contribution is 2.18. The van der Waals surface area contributed by atoms with Gasteiger partial charge in [0.2, 0.25) is 0 Å². The Morgan fingerprint density at radius 2 is 1.96 bits per heavy atom. The van der Waals surface area contributed by atoms with Gasteiger partial charge in [-0.25, -0.2) is 8.42 Å². The molecule has 0 unspecified atom stereocenters. The first-order valence-corrected chi connectivity index (χ1v) is 10.4. The van der Waals surface area contributed by atoms with E-state index in [0.717, 1.165) is 37.6 Å². The Bertz CT molecular complexity index is 624. The normalized spacial score (nSPS) is 16.9. The summed E-state index contributed by atoms with van der Waals surface area (Å²) in [5.74, 6) is 1.95. The largest absolute Gasteiger partial charge is 0.490 e. The molecule has 0 atom stereocenters. The fourth-order valence-electron chi connectivity index (χ4n) is 2.74. The number of rotatable bonds is 6. The van der Waals surface area contributed by atoms with Crippen molar-refractivity contribution in [3.63, 3.8) is 0 Å². The van der Waals surface area contributed by atoms with Crippen LogP contribution in [-0.2, 0) is 9.84 Å².